The van der Waals surface area contributed by atoms with Gasteiger partial charge in [0.05, 0.1) is 20.2 Å². The van der Waals surface area contributed by atoms with Gasteiger partial charge in [0.25, 0.3) is 5.91 Å². The van der Waals surface area contributed by atoms with Crippen molar-refractivity contribution in [1.29, 1.82) is 0 Å². The Kier molecular flexibility index (Phi) is 7.69. The fourth-order valence-corrected chi connectivity index (χ4v) is 3.13. The zero-order valence-corrected chi connectivity index (χ0v) is 17.8. The molecular weight excluding hydrogens is 431 g/mol. The average molecular weight is 452 g/mol. The summed E-state index contributed by atoms with van der Waals surface area (Å²) in [4.78, 5) is 49.5. The van der Waals surface area contributed by atoms with Gasteiger partial charge < -0.3 is 18.8 Å². The Balaban J connectivity index is 2.05. The number of nitrogens with zero attached hydrogens (tertiary/aromatic N) is 2. The Labute approximate surface area is 188 Å². The molecule has 0 fully saturated rings. The first-order valence-electron chi connectivity index (χ1n) is 9.94. The number of carbonyl (C=O) groups is 3. The number of aldehydes is 1. The second kappa shape index (κ2) is 10.9. The van der Waals surface area contributed by atoms with Crippen molar-refractivity contribution < 1.29 is 28.3 Å². The zero-order valence-electron chi connectivity index (χ0n) is 17.8. The number of halogens is 1. The molecule has 33 heavy (non-hydrogen) atoms. The quantitative estimate of drug-likeness (QED) is 0.282. The summed E-state index contributed by atoms with van der Waals surface area (Å²) in [5.41, 5.74) is -0.744. The van der Waals surface area contributed by atoms with Gasteiger partial charge in [-0.15, -0.1) is 0 Å². The summed E-state index contributed by atoms with van der Waals surface area (Å²) in [7, 11) is 1.10. The molecule has 1 amide bonds. The zero-order chi connectivity index (χ0) is 23.8. The van der Waals surface area contributed by atoms with E-state index < -0.39 is 41.7 Å². The Morgan fingerprint density at radius 3 is 2.21 bits per heavy atom. The summed E-state index contributed by atoms with van der Waals surface area (Å²) < 4.78 is 26.1. The molecule has 2 aromatic carbocycles. The van der Waals surface area contributed by atoms with Gasteiger partial charge in [0.1, 0.15) is 18.5 Å². The van der Waals surface area contributed by atoms with Crippen LogP contribution < -0.4 is 10.2 Å². The predicted molar refractivity (Wildman–Crippen MR) is 116 cm³/mol. The maximum atomic E-state index is 14.7. The standard InChI is InChI=1S/C24H21FN2O6/c1-32-24(31)20-22(33-16-18-10-6-3-7-11-18)21(29)19(15-26(20)12-13-28)23(30)27(25)14-17-8-4-2-5-9-17/h2-11,13,15H,12,14,16H2,1H3. The van der Waals surface area contributed by atoms with Gasteiger partial charge in [0, 0.05) is 6.20 Å². The minimum Gasteiger partial charge on any atom is -0.482 e. The molecule has 0 saturated heterocycles. The number of hydrogen-bond donors (Lipinski definition) is 0. The molecule has 0 aliphatic carbocycles. The summed E-state index contributed by atoms with van der Waals surface area (Å²) in [6.45, 7) is -0.897. The van der Waals surface area contributed by atoms with E-state index in [4.69, 9.17) is 9.47 Å². The van der Waals surface area contributed by atoms with Crippen molar-refractivity contribution in [2.45, 2.75) is 19.7 Å². The van der Waals surface area contributed by atoms with E-state index in [1.54, 1.807) is 60.7 Å². The molecule has 1 heterocycles. The van der Waals surface area contributed by atoms with Gasteiger partial charge in [-0.25, -0.2) is 4.79 Å². The minimum atomic E-state index is -1.23. The highest BCUT2D eigenvalue weighted by atomic mass is 19.2. The number of esters is 1. The van der Waals surface area contributed by atoms with E-state index >= 15 is 0 Å². The first-order chi connectivity index (χ1) is 16.0. The third kappa shape index (κ3) is 5.51. The fourth-order valence-electron chi connectivity index (χ4n) is 3.13. The maximum Gasteiger partial charge on any atom is 0.358 e. The normalized spacial score (nSPS) is 10.4. The van der Waals surface area contributed by atoms with Crippen LogP contribution in [-0.4, -0.2) is 35.0 Å². The molecule has 3 rings (SSSR count). The second-order valence-corrected chi connectivity index (χ2v) is 6.95. The van der Waals surface area contributed by atoms with Gasteiger partial charge in [-0.2, -0.15) is 5.12 Å². The number of hydrogen-bond acceptors (Lipinski definition) is 6. The number of pyridine rings is 1. The van der Waals surface area contributed by atoms with Gasteiger partial charge in [-0.05, 0) is 11.1 Å². The van der Waals surface area contributed by atoms with Gasteiger partial charge in [-0.3, -0.25) is 9.59 Å². The molecule has 0 bridgehead atoms. The van der Waals surface area contributed by atoms with Crippen LogP contribution in [0.5, 0.6) is 5.75 Å². The molecule has 1 aromatic heterocycles. The van der Waals surface area contributed by atoms with Crippen LogP contribution in [-0.2, 0) is 29.2 Å². The SMILES string of the molecule is COC(=O)c1c(OCc2ccccc2)c(=O)c(C(=O)N(F)Cc2ccccc2)cn1CC=O. The summed E-state index contributed by atoms with van der Waals surface area (Å²) in [6, 6.07) is 17.1. The van der Waals surface area contributed by atoms with Crippen LogP contribution in [0.3, 0.4) is 0 Å². The summed E-state index contributed by atoms with van der Waals surface area (Å²) in [6.07, 6.45) is 1.42. The van der Waals surface area contributed by atoms with Gasteiger partial charge in [-0.1, -0.05) is 65.1 Å². The Morgan fingerprint density at radius 1 is 1.03 bits per heavy atom. The van der Waals surface area contributed by atoms with E-state index in [0.29, 0.717) is 17.4 Å². The van der Waals surface area contributed by atoms with E-state index in [1.807, 2.05) is 0 Å². The highest BCUT2D eigenvalue weighted by Crippen LogP contribution is 2.20. The molecule has 0 unspecified atom stereocenters. The summed E-state index contributed by atoms with van der Waals surface area (Å²) in [5.74, 6) is -2.69. The van der Waals surface area contributed by atoms with Crippen molar-refractivity contribution >= 4 is 18.2 Å². The Hall–Kier alpha value is -4.27. The lowest BCUT2D eigenvalue weighted by Gasteiger charge is -2.18. The number of benzene rings is 2. The second-order valence-electron chi connectivity index (χ2n) is 6.95. The van der Waals surface area contributed by atoms with Crippen molar-refractivity contribution in [2.24, 2.45) is 0 Å². The number of methoxy groups -OCH3 is 1. The first kappa shape index (κ1) is 23.4. The molecule has 3 aromatic rings. The molecule has 170 valence electrons. The lowest BCUT2D eigenvalue weighted by molar-refractivity contribution is -0.108. The van der Waals surface area contributed by atoms with Crippen molar-refractivity contribution in [2.75, 3.05) is 7.11 Å². The van der Waals surface area contributed by atoms with E-state index in [-0.39, 0.29) is 17.4 Å². The van der Waals surface area contributed by atoms with E-state index in [2.05, 4.69) is 0 Å². The predicted octanol–water partition coefficient (Wildman–Crippen LogP) is 2.94. The Bertz CT molecular complexity index is 1190. The Morgan fingerprint density at radius 2 is 1.64 bits per heavy atom. The number of aromatic nitrogens is 1. The number of rotatable bonds is 9. The van der Waals surface area contributed by atoms with E-state index in [1.165, 1.54) is 0 Å². The molecule has 0 aliphatic rings. The largest absolute Gasteiger partial charge is 0.482 e. The topological polar surface area (TPSA) is 94.9 Å². The number of amides is 1. The first-order valence-corrected chi connectivity index (χ1v) is 9.94. The van der Waals surface area contributed by atoms with Crippen molar-refractivity contribution in [3.05, 3.63) is 99.5 Å². The smallest absolute Gasteiger partial charge is 0.358 e. The highest BCUT2D eigenvalue weighted by molar-refractivity contribution is 5.96. The third-order valence-corrected chi connectivity index (χ3v) is 4.73. The van der Waals surface area contributed by atoms with Crippen LogP contribution >= 0.6 is 0 Å². The van der Waals surface area contributed by atoms with Crippen LogP contribution in [0.1, 0.15) is 32.0 Å². The van der Waals surface area contributed by atoms with Gasteiger partial charge >= 0.3 is 5.97 Å². The fraction of sp³-hybridized carbons (Fsp3) is 0.167. The molecule has 9 heteroatoms. The minimum absolute atomic E-state index is 0.109. The van der Waals surface area contributed by atoms with Crippen molar-refractivity contribution in [1.82, 2.24) is 9.69 Å². The molecule has 0 atom stereocenters. The van der Waals surface area contributed by atoms with E-state index in [0.717, 1.165) is 17.9 Å². The molecule has 0 aliphatic heterocycles. The van der Waals surface area contributed by atoms with Crippen LogP contribution in [0, 0.1) is 0 Å². The van der Waals surface area contributed by atoms with Crippen LogP contribution in [0.25, 0.3) is 0 Å². The van der Waals surface area contributed by atoms with E-state index in [9.17, 15) is 23.7 Å². The monoisotopic (exact) mass is 452 g/mol. The molecule has 0 radical (unpaired) electrons. The van der Waals surface area contributed by atoms with Gasteiger partial charge in [0.2, 0.25) is 5.43 Å². The summed E-state index contributed by atoms with van der Waals surface area (Å²) in [5, 5.41) is -0.115. The lowest BCUT2D eigenvalue weighted by Crippen LogP contribution is -2.32. The molecule has 0 saturated carbocycles. The van der Waals surface area contributed by atoms with Crippen molar-refractivity contribution in [3.8, 4) is 5.75 Å². The number of carbonyl (C=O) groups excluding carboxylic acids is 3. The summed E-state index contributed by atoms with van der Waals surface area (Å²) >= 11 is 0. The van der Waals surface area contributed by atoms with Crippen LogP contribution in [0.15, 0.2) is 71.7 Å². The van der Waals surface area contributed by atoms with Crippen LogP contribution in [0.2, 0.25) is 0 Å². The molecule has 0 spiro atoms. The third-order valence-electron chi connectivity index (χ3n) is 4.73. The molecular formula is C24H21FN2O6. The average Bonchev–Trinajstić information content (AvgIpc) is 2.84. The lowest BCUT2D eigenvalue weighted by atomic mass is 10.1. The molecule has 0 N–H and O–H groups in total. The molecule has 8 nitrogen and oxygen atoms in total. The van der Waals surface area contributed by atoms with Crippen LogP contribution in [0.4, 0.5) is 4.48 Å². The maximum absolute atomic E-state index is 14.7. The van der Waals surface area contributed by atoms with Gasteiger partial charge in [0.15, 0.2) is 11.4 Å². The van der Waals surface area contributed by atoms with Crippen molar-refractivity contribution in [3.63, 3.8) is 0 Å². The number of ether oxygens (including phenoxy) is 2. The highest BCUT2D eigenvalue weighted by Gasteiger charge is 2.28.